The molecule has 1 amide bonds. The molecule has 0 bridgehead atoms. The maximum Gasteiger partial charge on any atom is 0.301 e. The average Bonchev–Trinajstić information content (AvgIpc) is 2.55. The molecule has 0 aliphatic carbocycles. The van der Waals surface area contributed by atoms with E-state index in [2.05, 4.69) is 10.0 Å². The first-order chi connectivity index (χ1) is 8.31. The summed E-state index contributed by atoms with van der Waals surface area (Å²) in [7, 11) is -0.626. The van der Waals surface area contributed by atoms with Crippen LogP contribution in [-0.2, 0) is 15.0 Å². The molecule has 0 saturated carbocycles. The molecule has 1 unspecified atom stereocenters. The summed E-state index contributed by atoms with van der Waals surface area (Å²) in [5.74, 6) is -0.332. The maximum atomic E-state index is 11.7. The Labute approximate surface area is 106 Å². The SMILES string of the molecule is CC1C(=O)Nc2ccc(NS(=O)(=O)N(C)C)cc21. The summed E-state index contributed by atoms with van der Waals surface area (Å²) in [6, 6.07) is 5.00. The third-order valence-electron chi connectivity index (χ3n) is 2.90. The number of nitrogens with zero attached hydrogens (tertiary/aromatic N) is 1. The lowest BCUT2D eigenvalue weighted by Gasteiger charge is -2.14. The molecule has 1 aromatic rings. The van der Waals surface area contributed by atoms with Gasteiger partial charge in [0, 0.05) is 19.8 Å². The van der Waals surface area contributed by atoms with Gasteiger partial charge in [-0.15, -0.1) is 0 Å². The number of anilines is 2. The van der Waals surface area contributed by atoms with Crippen molar-refractivity contribution in [3.63, 3.8) is 0 Å². The number of amides is 1. The second-order valence-electron chi connectivity index (χ2n) is 4.40. The molecule has 6 nitrogen and oxygen atoms in total. The first kappa shape index (κ1) is 12.8. The molecule has 2 rings (SSSR count). The molecular weight excluding hydrogens is 254 g/mol. The fourth-order valence-electron chi connectivity index (χ4n) is 1.72. The highest BCUT2D eigenvalue weighted by molar-refractivity contribution is 7.90. The van der Waals surface area contributed by atoms with Crippen LogP contribution in [0.4, 0.5) is 11.4 Å². The summed E-state index contributed by atoms with van der Waals surface area (Å²) in [6.45, 7) is 1.78. The van der Waals surface area contributed by atoms with Gasteiger partial charge in [-0.25, -0.2) is 0 Å². The molecule has 1 aromatic carbocycles. The van der Waals surface area contributed by atoms with Crippen LogP contribution in [0.2, 0.25) is 0 Å². The molecule has 1 aliphatic rings. The van der Waals surface area contributed by atoms with Crippen molar-refractivity contribution in [1.29, 1.82) is 0 Å². The van der Waals surface area contributed by atoms with Crippen LogP contribution in [-0.4, -0.2) is 32.7 Å². The zero-order valence-electron chi connectivity index (χ0n) is 10.4. The highest BCUT2D eigenvalue weighted by Gasteiger charge is 2.27. The van der Waals surface area contributed by atoms with Gasteiger partial charge in [-0.3, -0.25) is 9.52 Å². The summed E-state index contributed by atoms with van der Waals surface area (Å²) >= 11 is 0. The number of rotatable bonds is 3. The van der Waals surface area contributed by atoms with E-state index in [1.165, 1.54) is 14.1 Å². The zero-order valence-corrected chi connectivity index (χ0v) is 11.2. The molecule has 98 valence electrons. The molecule has 0 radical (unpaired) electrons. The van der Waals surface area contributed by atoms with E-state index in [9.17, 15) is 13.2 Å². The minimum atomic E-state index is -3.52. The molecule has 0 saturated heterocycles. The first-order valence-corrected chi connectivity index (χ1v) is 6.90. The Bertz CT molecular complexity index is 596. The van der Waals surface area contributed by atoms with E-state index in [0.29, 0.717) is 5.69 Å². The van der Waals surface area contributed by atoms with Crippen LogP contribution in [0.25, 0.3) is 0 Å². The minimum Gasteiger partial charge on any atom is -0.325 e. The van der Waals surface area contributed by atoms with Crippen LogP contribution in [0, 0.1) is 0 Å². The summed E-state index contributed by atoms with van der Waals surface area (Å²) in [4.78, 5) is 11.5. The molecule has 18 heavy (non-hydrogen) atoms. The summed E-state index contributed by atoms with van der Waals surface area (Å²) in [6.07, 6.45) is 0. The molecule has 1 aliphatic heterocycles. The van der Waals surface area contributed by atoms with Gasteiger partial charge in [-0.05, 0) is 30.7 Å². The van der Waals surface area contributed by atoms with E-state index in [1.807, 2.05) is 0 Å². The van der Waals surface area contributed by atoms with Crippen molar-refractivity contribution in [2.45, 2.75) is 12.8 Å². The Morgan fingerprint density at radius 2 is 2.00 bits per heavy atom. The molecule has 2 N–H and O–H groups in total. The molecule has 1 atom stereocenters. The van der Waals surface area contributed by atoms with Crippen molar-refractivity contribution >= 4 is 27.5 Å². The Morgan fingerprint density at radius 3 is 2.61 bits per heavy atom. The number of carbonyl (C=O) groups is 1. The van der Waals surface area contributed by atoms with Gasteiger partial charge in [0.25, 0.3) is 0 Å². The van der Waals surface area contributed by atoms with Crippen LogP contribution in [0.15, 0.2) is 18.2 Å². The van der Waals surface area contributed by atoms with E-state index in [4.69, 9.17) is 0 Å². The second kappa shape index (κ2) is 4.25. The van der Waals surface area contributed by atoms with Crippen LogP contribution >= 0.6 is 0 Å². The zero-order chi connectivity index (χ0) is 13.5. The third-order valence-corrected chi connectivity index (χ3v) is 4.35. The number of fused-ring (bicyclic) bond motifs is 1. The number of hydrogen-bond donors (Lipinski definition) is 2. The summed E-state index contributed by atoms with van der Waals surface area (Å²) < 4.78 is 26.9. The predicted molar refractivity (Wildman–Crippen MR) is 69.7 cm³/mol. The topological polar surface area (TPSA) is 78.5 Å². The van der Waals surface area contributed by atoms with E-state index >= 15 is 0 Å². The minimum absolute atomic E-state index is 0.0717. The van der Waals surface area contributed by atoms with Crippen molar-refractivity contribution < 1.29 is 13.2 Å². The standard InChI is InChI=1S/C11H15N3O3S/c1-7-9-6-8(13-18(16,17)14(2)3)4-5-10(9)12-11(7)15/h4-7,13H,1-3H3,(H,12,15). The van der Waals surface area contributed by atoms with E-state index < -0.39 is 10.2 Å². The smallest absolute Gasteiger partial charge is 0.301 e. The van der Waals surface area contributed by atoms with Gasteiger partial charge in [0.15, 0.2) is 0 Å². The molecule has 7 heteroatoms. The van der Waals surface area contributed by atoms with Gasteiger partial charge >= 0.3 is 10.2 Å². The highest BCUT2D eigenvalue weighted by Crippen LogP contribution is 2.34. The van der Waals surface area contributed by atoms with Crippen LogP contribution in [0.5, 0.6) is 0 Å². The number of benzene rings is 1. The van der Waals surface area contributed by atoms with Gasteiger partial charge in [0.2, 0.25) is 5.91 Å². The van der Waals surface area contributed by atoms with Crippen molar-refractivity contribution in [2.24, 2.45) is 0 Å². The normalized spacial score (nSPS) is 18.7. The van der Waals surface area contributed by atoms with Crippen molar-refractivity contribution in [1.82, 2.24) is 4.31 Å². The Morgan fingerprint density at radius 1 is 1.33 bits per heavy atom. The van der Waals surface area contributed by atoms with Gasteiger partial charge in [-0.2, -0.15) is 12.7 Å². The van der Waals surface area contributed by atoms with Gasteiger partial charge in [0.1, 0.15) is 0 Å². The molecule has 1 heterocycles. The lowest BCUT2D eigenvalue weighted by atomic mass is 10.0. The van der Waals surface area contributed by atoms with E-state index in [1.54, 1.807) is 25.1 Å². The fourth-order valence-corrected chi connectivity index (χ4v) is 2.33. The molecule has 0 fully saturated rings. The van der Waals surface area contributed by atoms with Crippen molar-refractivity contribution in [3.8, 4) is 0 Å². The highest BCUT2D eigenvalue weighted by atomic mass is 32.2. The van der Waals surface area contributed by atoms with E-state index in [0.717, 1.165) is 15.6 Å². The van der Waals surface area contributed by atoms with Crippen LogP contribution in [0.1, 0.15) is 18.4 Å². The van der Waals surface area contributed by atoms with Gasteiger partial charge in [-0.1, -0.05) is 0 Å². The van der Waals surface area contributed by atoms with Gasteiger partial charge in [0.05, 0.1) is 11.6 Å². The lowest BCUT2D eigenvalue weighted by molar-refractivity contribution is -0.116. The third kappa shape index (κ3) is 2.19. The second-order valence-corrected chi connectivity index (χ2v) is 6.29. The largest absolute Gasteiger partial charge is 0.325 e. The first-order valence-electron chi connectivity index (χ1n) is 5.46. The fraction of sp³-hybridized carbons (Fsp3) is 0.364. The average molecular weight is 269 g/mol. The molecule has 0 aromatic heterocycles. The van der Waals surface area contributed by atoms with Crippen molar-refractivity contribution in [2.75, 3.05) is 24.1 Å². The Balaban J connectivity index is 2.32. The van der Waals surface area contributed by atoms with Crippen LogP contribution < -0.4 is 10.0 Å². The number of hydrogen-bond acceptors (Lipinski definition) is 3. The summed E-state index contributed by atoms with van der Waals surface area (Å²) in [5, 5.41) is 2.73. The maximum absolute atomic E-state index is 11.7. The molecule has 0 spiro atoms. The lowest BCUT2D eigenvalue weighted by Crippen LogP contribution is -2.28. The number of carbonyl (C=O) groups excluding carboxylic acids is 1. The Kier molecular flexibility index (Phi) is 3.04. The molecular formula is C11H15N3O3S. The predicted octanol–water partition coefficient (Wildman–Crippen LogP) is 0.960. The van der Waals surface area contributed by atoms with Crippen LogP contribution in [0.3, 0.4) is 0 Å². The number of nitrogens with one attached hydrogen (secondary N) is 2. The monoisotopic (exact) mass is 269 g/mol. The summed E-state index contributed by atoms with van der Waals surface area (Å²) in [5.41, 5.74) is 1.99. The van der Waals surface area contributed by atoms with Gasteiger partial charge < -0.3 is 5.32 Å². The quantitative estimate of drug-likeness (QED) is 0.858. The van der Waals surface area contributed by atoms with E-state index in [-0.39, 0.29) is 11.8 Å². The Hall–Kier alpha value is -1.60. The van der Waals surface area contributed by atoms with Crippen molar-refractivity contribution in [3.05, 3.63) is 23.8 Å².